The maximum absolute atomic E-state index is 4.83. The zero-order valence-corrected chi connectivity index (χ0v) is 16.6. The topological polar surface area (TPSA) is 19.1 Å². The Hall–Kier alpha value is -1.78. The molecule has 0 saturated heterocycles. The highest BCUT2D eigenvalue weighted by Gasteiger charge is 2.11. The van der Waals surface area contributed by atoms with Crippen molar-refractivity contribution in [3.8, 4) is 10.6 Å². The number of hydrogen-bond donors (Lipinski definition) is 0. The van der Waals surface area contributed by atoms with Crippen molar-refractivity contribution >= 4 is 21.6 Å². The van der Waals surface area contributed by atoms with Crippen LogP contribution in [0, 0.1) is 6.92 Å². The van der Waals surface area contributed by atoms with Gasteiger partial charge in [0, 0.05) is 12.1 Å². The third kappa shape index (κ3) is 4.07. The molecule has 0 bridgehead atoms. The molecule has 1 heterocycles. The maximum Gasteiger partial charge on any atom is 0.201 e. The summed E-state index contributed by atoms with van der Waals surface area (Å²) in [7, 11) is 0. The Morgan fingerprint density at radius 2 is 1.84 bits per heavy atom. The number of aryl methyl sites for hydroxylation is 1. The maximum atomic E-state index is 4.83. The average Bonchev–Trinajstić information content (AvgIpc) is 2.63. The first-order valence-electron chi connectivity index (χ1n) is 9.26. The molecule has 132 valence electrons. The van der Waals surface area contributed by atoms with Gasteiger partial charge >= 0.3 is 0 Å². The summed E-state index contributed by atoms with van der Waals surface area (Å²) in [5.74, 6) is 0. The fourth-order valence-corrected chi connectivity index (χ4v) is 4.29. The highest BCUT2D eigenvalue weighted by molar-refractivity contribution is 7.21. The molecule has 0 spiro atoms. The standard InChI is InChI=1S/C21H28N3S/c1-5-23(6-2)12-13-24(7-3)17-9-11-19-21(15-17)25-20-14-16(4)8-10-18(20)22-19/h8-11,14-15H,5-7,12-13H2,1-4H3/q+1. The third-order valence-corrected chi connectivity index (χ3v) is 5.94. The molecule has 0 atom stereocenters. The fraction of sp³-hybridized carbons (Fsp3) is 0.429. The van der Waals surface area contributed by atoms with Crippen LogP contribution >= 0.6 is 11.3 Å². The van der Waals surface area contributed by atoms with Gasteiger partial charge in [-0.25, -0.2) is 9.56 Å². The number of nitrogens with zero attached hydrogens (tertiary/aromatic N) is 3. The summed E-state index contributed by atoms with van der Waals surface area (Å²) in [6, 6.07) is 13.2. The quantitative estimate of drug-likeness (QED) is 0.495. The molecule has 1 aromatic carbocycles. The lowest BCUT2D eigenvalue weighted by Crippen LogP contribution is -2.37. The first-order chi connectivity index (χ1) is 12.1. The highest BCUT2D eigenvalue weighted by atomic mass is 32.1. The first-order valence-corrected chi connectivity index (χ1v) is 10.1. The zero-order valence-electron chi connectivity index (χ0n) is 15.7. The first kappa shape index (κ1) is 18.0. The minimum atomic E-state index is 1.03. The Balaban J connectivity index is 2.03. The largest absolute Gasteiger partial charge is 0.298 e. The SMILES string of the molecule is CCN(CC)CC[N+](CC)=c1ccc2nc3ccc(C)cc3sc-2c1. The van der Waals surface area contributed by atoms with Gasteiger partial charge in [-0.1, -0.05) is 19.9 Å². The number of fused-ring (bicyclic) bond motifs is 2. The molecule has 1 aromatic rings. The van der Waals surface area contributed by atoms with Crippen LogP contribution in [-0.2, 0) is 0 Å². The molecule has 2 aliphatic rings. The van der Waals surface area contributed by atoms with Gasteiger partial charge in [-0.2, -0.15) is 0 Å². The molecule has 3 rings (SSSR count). The molecule has 4 heteroatoms. The highest BCUT2D eigenvalue weighted by Crippen LogP contribution is 2.29. The van der Waals surface area contributed by atoms with Gasteiger partial charge in [0.15, 0.2) is 6.54 Å². The van der Waals surface area contributed by atoms with Crippen LogP contribution in [0.5, 0.6) is 0 Å². The summed E-state index contributed by atoms with van der Waals surface area (Å²) in [6.07, 6.45) is 0. The van der Waals surface area contributed by atoms with Crippen molar-refractivity contribution in [1.29, 1.82) is 0 Å². The van der Waals surface area contributed by atoms with E-state index in [9.17, 15) is 0 Å². The summed E-state index contributed by atoms with van der Waals surface area (Å²) in [5, 5.41) is 1.30. The van der Waals surface area contributed by atoms with Crippen LogP contribution in [0.3, 0.4) is 0 Å². The van der Waals surface area contributed by atoms with E-state index < -0.39 is 0 Å². The Labute approximate surface area is 154 Å². The molecule has 3 nitrogen and oxygen atoms in total. The molecular formula is C21H28N3S+. The van der Waals surface area contributed by atoms with Crippen LogP contribution < -0.4 is 9.93 Å². The number of aromatic nitrogens is 1. The Bertz CT molecular complexity index is 893. The second-order valence-corrected chi connectivity index (χ2v) is 7.53. The Morgan fingerprint density at radius 1 is 1.04 bits per heavy atom. The van der Waals surface area contributed by atoms with Crippen LogP contribution in [0.25, 0.3) is 20.8 Å². The van der Waals surface area contributed by atoms with Crippen LogP contribution in [0.4, 0.5) is 0 Å². The van der Waals surface area contributed by atoms with Gasteiger partial charge < -0.3 is 0 Å². The molecule has 0 N–H and O–H groups in total. The Morgan fingerprint density at radius 3 is 2.56 bits per heavy atom. The van der Waals surface area contributed by atoms with E-state index in [1.807, 2.05) is 11.3 Å². The molecule has 0 unspecified atom stereocenters. The van der Waals surface area contributed by atoms with Crippen molar-refractivity contribution in [2.45, 2.75) is 27.7 Å². The van der Waals surface area contributed by atoms with E-state index in [0.29, 0.717) is 0 Å². The van der Waals surface area contributed by atoms with E-state index in [-0.39, 0.29) is 0 Å². The van der Waals surface area contributed by atoms with Gasteiger partial charge in [-0.05, 0) is 50.7 Å². The Kier molecular flexibility index (Phi) is 5.82. The van der Waals surface area contributed by atoms with Gasteiger partial charge in [0.2, 0.25) is 5.36 Å². The second kappa shape index (κ2) is 8.07. The lowest BCUT2D eigenvalue weighted by molar-refractivity contribution is 0.295. The zero-order chi connectivity index (χ0) is 17.8. The summed E-state index contributed by atoms with van der Waals surface area (Å²) in [4.78, 5) is 8.57. The molecule has 0 aromatic heterocycles. The van der Waals surface area contributed by atoms with Crippen molar-refractivity contribution in [2.75, 3.05) is 32.7 Å². The van der Waals surface area contributed by atoms with Crippen LogP contribution in [0.2, 0.25) is 0 Å². The van der Waals surface area contributed by atoms with E-state index >= 15 is 0 Å². The molecule has 25 heavy (non-hydrogen) atoms. The van der Waals surface area contributed by atoms with E-state index in [1.54, 1.807) is 0 Å². The average molecular weight is 355 g/mol. The predicted octanol–water partition coefficient (Wildman–Crippen LogP) is 3.84. The number of likely N-dealkylation sites (N-methyl/N-ethyl adjacent to an activating group) is 2. The molecule has 0 fully saturated rings. The number of rotatable bonds is 6. The molecule has 0 saturated carbocycles. The number of hydrogen-bond acceptors (Lipinski definition) is 3. The van der Waals surface area contributed by atoms with Crippen molar-refractivity contribution in [3.05, 3.63) is 47.3 Å². The monoisotopic (exact) mass is 354 g/mol. The molecule has 0 amide bonds. The lowest BCUT2D eigenvalue weighted by Gasteiger charge is -2.16. The minimum Gasteiger partial charge on any atom is -0.298 e. The molecular weight excluding hydrogens is 326 g/mol. The molecule has 0 radical (unpaired) electrons. The normalized spacial score (nSPS) is 13.0. The summed E-state index contributed by atoms with van der Waals surface area (Å²) >= 11 is 1.84. The van der Waals surface area contributed by atoms with Crippen molar-refractivity contribution in [2.24, 2.45) is 0 Å². The minimum absolute atomic E-state index is 1.03. The predicted molar refractivity (Wildman–Crippen MR) is 109 cm³/mol. The second-order valence-electron chi connectivity index (χ2n) is 6.44. The smallest absolute Gasteiger partial charge is 0.201 e. The van der Waals surface area contributed by atoms with E-state index in [4.69, 9.17) is 4.98 Å². The molecule has 1 aliphatic carbocycles. The van der Waals surface area contributed by atoms with Gasteiger partial charge in [-0.3, -0.25) is 4.90 Å². The van der Waals surface area contributed by atoms with Gasteiger partial charge in [-0.15, -0.1) is 11.3 Å². The van der Waals surface area contributed by atoms with Gasteiger partial charge in [0.1, 0.15) is 6.54 Å². The van der Waals surface area contributed by atoms with Crippen molar-refractivity contribution < 1.29 is 0 Å². The van der Waals surface area contributed by atoms with E-state index in [2.05, 4.69) is 73.6 Å². The number of benzene rings is 2. The van der Waals surface area contributed by atoms with Crippen LogP contribution in [0.1, 0.15) is 26.3 Å². The lowest BCUT2D eigenvalue weighted by atomic mass is 10.2. The summed E-state index contributed by atoms with van der Waals surface area (Å²) in [6.45, 7) is 14.3. The fourth-order valence-electron chi connectivity index (χ4n) is 3.19. The van der Waals surface area contributed by atoms with Gasteiger partial charge in [0.25, 0.3) is 0 Å². The molecule has 1 aliphatic heterocycles. The van der Waals surface area contributed by atoms with Crippen molar-refractivity contribution in [1.82, 2.24) is 14.5 Å². The van der Waals surface area contributed by atoms with Crippen LogP contribution in [-0.4, -0.2) is 42.6 Å². The van der Waals surface area contributed by atoms with Crippen LogP contribution in [0.15, 0.2) is 36.4 Å². The van der Waals surface area contributed by atoms with Gasteiger partial charge in [0.05, 0.1) is 27.3 Å². The van der Waals surface area contributed by atoms with E-state index in [0.717, 1.165) is 43.9 Å². The summed E-state index contributed by atoms with van der Waals surface area (Å²) in [5.41, 5.74) is 3.46. The summed E-state index contributed by atoms with van der Waals surface area (Å²) < 4.78 is 3.72. The van der Waals surface area contributed by atoms with Crippen molar-refractivity contribution in [3.63, 3.8) is 0 Å². The third-order valence-electron chi connectivity index (χ3n) is 4.85. The van der Waals surface area contributed by atoms with E-state index in [1.165, 1.54) is 20.5 Å².